The predicted molar refractivity (Wildman–Crippen MR) is 67.8 cm³/mol. The van der Waals surface area contributed by atoms with E-state index in [2.05, 4.69) is 10.3 Å². The monoisotopic (exact) mass is 244 g/mol. The number of aromatic nitrogens is 1. The second kappa shape index (κ2) is 5.05. The molecule has 0 unspecified atom stereocenters. The summed E-state index contributed by atoms with van der Waals surface area (Å²) in [6, 6.07) is 5.44. The number of nitrogens with zero attached hydrogens (tertiary/aromatic N) is 3. The predicted octanol–water partition coefficient (Wildman–Crippen LogP) is 1.37. The van der Waals surface area contributed by atoms with Crippen molar-refractivity contribution in [3.05, 3.63) is 24.0 Å². The lowest BCUT2D eigenvalue weighted by molar-refractivity contribution is -0.129. The van der Waals surface area contributed by atoms with Crippen LogP contribution in [-0.2, 0) is 4.79 Å². The fraction of sp³-hybridized carbons (Fsp3) is 0.462. The number of hydrogen-bond acceptors (Lipinski definition) is 4. The standard InChI is InChI=1S/C13H16N4O/c1-9(2)17-6-5-12(13(17)18)16-11-4-3-10(7-14)15-8-11/h3-4,8-9,12,16H,5-6H2,1-2H3/t12-/m1/s1. The van der Waals surface area contributed by atoms with Gasteiger partial charge in [0.25, 0.3) is 0 Å². The minimum atomic E-state index is -0.179. The van der Waals surface area contributed by atoms with Gasteiger partial charge in [-0.3, -0.25) is 4.79 Å². The molecule has 1 aliphatic heterocycles. The molecule has 0 saturated carbocycles. The van der Waals surface area contributed by atoms with Gasteiger partial charge in [-0.25, -0.2) is 4.98 Å². The van der Waals surface area contributed by atoms with Crippen LogP contribution in [0, 0.1) is 11.3 Å². The highest BCUT2D eigenvalue weighted by Crippen LogP contribution is 2.18. The zero-order valence-corrected chi connectivity index (χ0v) is 10.6. The number of carbonyl (C=O) groups is 1. The summed E-state index contributed by atoms with van der Waals surface area (Å²) in [4.78, 5) is 17.9. The normalized spacial score (nSPS) is 19.1. The molecule has 0 aromatic carbocycles. The van der Waals surface area contributed by atoms with Crippen LogP contribution in [0.25, 0.3) is 0 Å². The molecule has 0 aliphatic carbocycles. The number of rotatable bonds is 3. The Balaban J connectivity index is 2.02. The van der Waals surface area contributed by atoms with Gasteiger partial charge in [-0.2, -0.15) is 5.26 Å². The lowest BCUT2D eigenvalue weighted by atomic mass is 10.2. The molecule has 1 saturated heterocycles. The molecule has 1 amide bonds. The molecule has 18 heavy (non-hydrogen) atoms. The Hall–Kier alpha value is -2.09. The van der Waals surface area contributed by atoms with E-state index < -0.39 is 0 Å². The Kier molecular flexibility index (Phi) is 3.47. The maximum atomic E-state index is 12.1. The second-order valence-electron chi connectivity index (χ2n) is 4.65. The van der Waals surface area contributed by atoms with E-state index in [1.54, 1.807) is 18.3 Å². The fourth-order valence-electron chi connectivity index (χ4n) is 2.10. The molecule has 2 rings (SSSR count). The van der Waals surface area contributed by atoms with Gasteiger partial charge in [-0.1, -0.05) is 0 Å². The number of amides is 1. The van der Waals surface area contributed by atoms with Crippen molar-refractivity contribution in [3.63, 3.8) is 0 Å². The third-order valence-electron chi connectivity index (χ3n) is 3.08. The largest absolute Gasteiger partial charge is 0.372 e. The molecule has 5 heteroatoms. The van der Waals surface area contributed by atoms with Crippen LogP contribution in [0.5, 0.6) is 0 Å². The summed E-state index contributed by atoms with van der Waals surface area (Å²) in [5.74, 6) is 0.134. The van der Waals surface area contributed by atoms with Crippen molar-refractivity contribution in [2.75, 3.05) is 11.9 Å². The molecule has 0 radical (unpaired) electrons. The van der Waals surface area contributed by atoms with E-state index in [1.165, 1.54) is 0 Å². The summed E-state index contributed by atoms with van der Waals surface area (Å²) in [7, 11) is 0. The van der Waals surface area contributed by atoms with Gasteiger partial charge in [0, 0.05) is 12.6 Å². The van der Waals surface area contributed by atoms with Gasteiger partial charge in [0.1, 0.15) is 17.8 Å². The second-order valence-corrected chi connectivity index (χ2v) is 4.65. The Morgan fingerprint density at radius 3 is 2.83 bits per heavy atom. The van der Waals surface area contributed by atoms with Gasteiger partial charge in [0.15, 0.2) is 0 Å². The van der Waals surface area contributed by atoms with Gasteiger partial charge >= 0.3 is 0 Å². The molecule has 1 N–H and O–H groups in total. The number of carbonyl (C=O) groups excluding carboxylic acids is 1. The Morgan fingerprint density at radius 2 is 2.33 bits per heavy atom. The Labute approximate surface area is 106 Å². The van der Waals surface area contributed by atoms with Gasteiger partial charge < -0.3 is 10.2 Å². The number of pyridine rings is 1. The van der Waals surface area contributed by atoms with Crippen LogP contribution in [-0.4, -0.2) is 34.4 Å². The number of anilines is 1. The Morgan fingerprint density at radius 1 is 1.56 bits per heavy atom. The first-order chi connectivity index (χ1) is 8.61. The van der Waals surface area contributed by atoms with E-state index in [4.69, 9.17) is 5.26 Å². The molecule has 2 heterocycles. The van der Waals surface area contributed by atoms with Crippen molar-refractivity contribution < 1.29 is 4.79 Å². The first kappa shape index (κ1) is 12.4. The summed E-state index contributed by atoms with van der Waals surface area (Å²) in [5.41, 5.74) is 1.15. The van der Waals surface area contributed by atoms with Crippen LogP contribution in [0.2, 0.25) is 0 Å². The van der Waals surface area contributed by atoms with Crippen LogP contribution in [0.1, 0.15) is 26.0 Å². The highest BCUT2D eigenvalue weighted by Gasteiger charge is 2.32. The third kappa shape index (κ3) is 2.43. The maximum Gasteiger partial charge on any atom is 0.245 e. The summed E-state index contributed by atoms with van der Waals surface area (Å²) in [6.45, 7) is 4.82. The Bertz CT molecular complexity index is 475. The van der Waals surface area contributed by atoms with Crippen molar-refractivity contribution >= 4 is 11.6 Å². The molecule has 5 nitrogen and oxygen atoms in total. The highest BCUT2D eigenvalue weighted by atomic mass is 16.2. The average molecular weight is 244 g/mol. The summed E-state index contributed by atoms with van der Waals surface area (Å²) in [5, 5.41) is 11.8. The van der Waals surface area contributed by atoms with Crippen LogP contribution in [0.3, 0.4) is 0 Å². The number of likely N-dealkylation sites (tertiary alicyclic amines) is 1. The van der Waals surface area contributed by atoms with Crippen LogP contribution < -0.4 is 5.32 Å². The van der Waals surface area contributed by atoms with E-state index >= 15 is 0 Å². The molecule has 1 fully saturated rings. The lowest BCUT2D eigenvalue weighted by Gasteiger charge is -2.21. The zero-order valence-electron chi connectivity index (χ0n) is 10.6. The van der Waals surface area contributed by atoms with Crippen LogP contribution in [0.15, 0.2) is 18.3 Å². The molecule has 1 atom stereocenters. The minimum Gasteiger partial charge on any atom is -0.372 e. The van der Waals surface area contributed by atoms with Crippen LogP contribution in [0.4, 0.5) is 5.69 Å². The first-order valence-corrected chi connectivity index (χ1v) is 6.05. The first-order valence-electron chi connectivity index (χ1n) is 6.05. The molecule has 1 aromatic rings. The molecular weight excluding hydrogens is 228 g/mol. The maximum absolute atomic E-state index is 12.1. The zero-order chi connectivity index (χ0) is 13.1. The van der Waals surface area contributed by atoms with Crippen molar-refractivity contribution in [3.8, 4) is 6.07 Å². The number of nitrogens with one attached hydrogen (secondary N) is 1. The quantitative estimate of drug-likeness (QED) is 0.872. The van der Waals surface area contributed by atoms with Gasteiger partial charge in [0.2, 0.25) is 5.91 Å². The topological polar surface area (TPSA) is 69.0 Å². The number of hydrogen-bond donors (Lipinski definition) is 1. The van der Waals surface area contributed by atoms with E-state index in [0.29, 0.717) is 5.69 Å². The number of nitriles is 1. The van der Waals surface area contributed by atoms with Crippen LogP contribution >= 0.6 is 0 Å². The van der Waals surface area contributed by atoms with Gasteiger partial charge in [-0.15, -0.1) is 0 Å². The van der Waals surface area contributed by atoms with E-state index in [9.17, 15) is 4.79 Å². The lowest BCUT2D eigenvalue weighted by Crippen LogP contribution is -2.37. The summed E-state index contributed by atoms with van der Waals surface area (Å²) in [6.07, 6.45) is 2.39. The van der Waals surface area contributed by atoms with Crippen molar-refractivity contribution in [1.82, 2.24) is 9.88 Å². The molecule has 94 valence electrons. The molecular formula is C13H16N4O. The summed E-state index contributed by atoms with van der Waals surface area (Å²) >= 11 is 0. The minimum absolute atomic E-state index is 0.134. The molecule has 0 spiro atoms. The smallest absolute Gasteiger partial charge is 0.245 e. The van der Waals surface area contributed by atoms with Crippen molar-refractivity contribution in [2.45, 2.75) is 32.4 Å². The van der Waals surface area contributed by atoms with Crippen molar-refractivity contribution in [2.24, 2.45) is 0 Å². The van der Waals surface area contributed by atoms with E-state index in [-0.39, 0.29) is 18.0 Å². The highest BCUT2D eigenvalue weighted by molar-refractivity contribution is 5.86. The van der Waals surface area contributed by atoms with Gasteiger partial charge in [-0.05, 0) is 32.4 Å². The molecule has 1 aliphatic rings. The van der Waals surface area contributed by atoms with E-state index in [0.717, 1.165) is 18.7 Å². The average Bonchev–Trinajstić information content (AvgIpc) is 2.72. The van der Waals surface area contributed by atoms with E-state index in [1.807, 2.05) is 24.8 Å². The summed E-state index contributed by atoms with van der Waals surface area (Å²) < 4.78 is 0. The van der Waals surface area contributed by atoms with Crippen molar-refractivity contribution in [1.29, 1.82) is 5.26 Å². The molecule has 1 aromatic heterocycles. The van der Waals surface area contributed by atoms with Gasteiger partial charge in [0.05, 0.1) is 11.9 Å². The SMILES string of the molecule is CC(C)N1CC[C@@H](Nc2ccc(C#N)nc2)C1=O. The fourth-order valence-corrected chi connectivity index (χ4v) is 2.10. The third-order valence-corrected chi connectivity index (χ3v) is 3.08. The molecule has 0 bridgehead atoms.